The summed E-state index contributed by atoms with van der Waals surface area (Å²) in [4.78, 5) is 26.2. The fourth-order valence-corrected chi connectivity index (χ4v) is 3.91. The number of amides is 1. The minimum atomic E-state index is -4.40. The molecule has 3 rings (SSSR count). The lowest BCUT2D eigenvalue weighted by atomic mass is 9.67. The molecular formula is C19H22F3NO4. The SMILES string of the molecule is CC(=O)C1(O)CCC2(CCN(c3ccc(OCC(F)(F)F)cc3)C2=O)CC1. The number of carbonyl (C=O) groups is 2. The van der Waals surface area contributed by atoms with Crippen LogP contribution < -0.4 is 9.64 Å². The number of anilines is 1. The van der Waals surface area contributed by atoms with Crippen molar-refractivity contribution >= 4 is 17.4 Å². The van der Waals surface area contributed by atoms with Gasteiger partial charge in [-0.1, -0.05) is 0 Å². The third kappa shape index (κ3) is 3.95. The highest BCUT2D eigenvalue weighted by Crippen LogP contribution is 2.48. The number of benzene rings is 1. The average Bonchev–Trinajstić information content (AvgIpc) is 2.92. The van der Waals surface area contributed by atoms with Crippen molar-refractivity contribution < 1.29 is 32.6 Å². The highest BCUT2D eigenvalue weighted by Gasteiger charge is 2.52. The van der Waals surface area contributed by atoms with E-state index in [1.54, 1.807) is 17.0 Å². The third-order valence-electron chi connectivity index (χ3n) is 5.75. The predicted molar refractivity (Wildman–Crippen MR) is 91.5 cm³/mol. The number of aliphatic hydroxyl groups is 1. The number of alkyl halides is 3. The number of rotatable bonds is 4. The van der Waals surface area contributed by atoms with E-state index in [9.17, 15) is 27.9 Å². The summed E-state index contributed by atoms with van der Waals surface area (Å²) in [5.74, 6) is -0.243. The van der Waals surface area contributed by atoms with Crippen LogP contribution in [0.4, 0.5) is 18.9 Å². The van der Waals surface area contributed by atoms with Crippen molar-refractivity contribution in [3.8, 4) is 5.75 Å². The summed E-state index contributed by atoms with van der Waals surface area (Å²) >= 11 is 0. The fraction of sp³-hybridized carbons (Fsp3) is 0.579. The van der Waals surface area contributed by atoms with Crippen molar-refractivity contribution in [2.75, 3.05) is 18.1 Å². The predicted octanol–water partition coefficient (Wildman–Crippen LogP) is 3.24. The molecule has 1 saturated heterocycles. The first kappa shape index (κ1) is 19.7. The number of carbonyl (C=O) groups excluding carboxylic acids is 2. The summed E-state index contributed by atoms with van der Waals surface area (Å²) in [6, 6.07) is 5.96. The molecule has 8 heteroatoms. The molecule has 1 aliphatic heterocycles. The Kier molecular flexibility index (Phi) is 4.96. The van der Waals surface area contributed by atoms with Crippen LogP contribution in [0.15, 0.2) is 24.3 Å². The normalized spacial score (nSPS) is 28.6. The Morgan fingerprint density at radius 3 is 2.26 bits per heavy atom. The third-order valence-corrected chi connectivity index (χ3v) is 5.75. The van der Waals surface area contributed by atoms with Crippen molar-refractivity contribution in [1.29, 1.82) is 0 Å². The molecule has 1 N–H and O–H groups in total. The van der Waals surface area contributed by atoms with Gasteiger partial charge in [0, 0.05) is 12.2 Å². The van der Waals surface area contributed by atoms with Gasteiger partial charge < -0.3 is 14.7 Å². The van der Waals surface area contributed by atoms with E-state index in [4.69, 9.17) is 0 Å². The molecule has 1 heterocycles. The number of nitrogens with zero attached hydrogens (tertiary/aromatic N) is 1. The smallest absolute Gasteiger partial charge is 0.422 e. The number of hydrogen-bond donors (Lipinski definition) is 1. The molecule has 1 aromatic rings. The lowest BCUT2D eigenvalue weighted by Gasteiger charge is -2.39. The van der Waals surface area contributed by atoms with Gasteiger partial charge in [0.1, 0.15) is 11.4 Å². The zero-order chi connectivity index (χ0) is 19.9. The minimum Gasteiger partial charge on any atom is -0.484 e. The maximum atomic E-state index is 13.0. The number of Topliss-reactive ketones (excluding diaryl/α,β-unsaturated/α-hetero) is 1. The van der Waals surface area contributed by atoms with E-state index in [2.05, 4.69) is 4.74 Å². The molecule has 1 spiro atoms. The van der Waals surface area contributed by atoms with Crippen LogP contribution >= 0.6 is 0 Å². The van der Waals surface area contributed by atoms with Crippen LogP contribution in [0.25, 0.3) is 0 Å². The molecular weight excluding hydrogens is 363 g/mol. The van der Waals surface area contributed by atoms with Crippen LogP contribution in [-0.2, 0) is 9.59 Å². The Hall–Kier alpha value is -2.09. The Bertz CT molecular complexity index is 721. The highest BCUT2D eigenvalue weighted by molar-refractivity contribution is 6.00. The zero-order valence-corrected chi connectivity index (χ0v) is 15.0. The summed E-state index contributed by atoms with van der Waals surface area (Å²) < 4.78 is 41.3. The Morgan fingerprint density at radius 1 is 1.15 bits per heavy atom. The van der Waals surface area contributed by atoms with Gasteiger partial charge >= 0.3 is 6.18 Å². The van der Waals surface area contributed by atoms with E-state index in [0.29, 0.717) is 31.5 Å². The molecule has 0 aromatic heterocycles. The molecule has 2 fully saturated rings. The maximum Gasteiger partial charge on any atom is 0.422 e. The van der Waals surface area contributed by atoms with Gasteiger partial charge in [0.15, 0.2) is 12.4 Å². The largest absolute Gasteiger partial charge is 0.484 e. The van der Waals surface area contributed by atoms with Gasteiger partial charge in [0.25, 0.3) is 0 Å². The second-order valence-electron chi connectivity index (χ2n) is 7.47. The van der Waals surface area contributed by atoms with Gasteiger partial charge in [-0.25, -0.2) is 0 Å². The lowest BCUT2D eigenvalue weighted by Crippen LogP contribution is -2.46. The van der Waals surface area contributed by atoms with E-state index in [-0.39, 0.29) is 30.3 Å². The van der Waals surface area contributed by atoms with Crippen LogP contribution in [-0.4, -0.2) is 41.7 Å². The molecule has 1 saturated carbocycles. The quantitative estimate of drug-likeness (QED) is 0.864. The summed E-state index contributed by atoms with van der Waals surface area (Å²) in [5.41, 5.74) is -1.31. The van der Waals surface area contributed by atoms with Gasteiger partial charge in [-0.15, -0.1) is 0 Å². The molecule has 1 aliphatic carbocycles. The molecule has 1 aromatic carbocycles. The summed E-state index contributed by atoms with van der Waals surface area (Å²) in [7, 11) is 0. The summed E-state index contributed by atoms with van der Waals surface area (Å²) in [5, 5.41) is 10.3. The molecule has 5 nitrogen and oxygen atoms in total. The van der Waals surface area contributed by atoms with E-state index in [0.717, 1.165) is 0 Å². The van der Waals surface area contributed by atoms with Gasteiger partial charge in [-0.3, -0.25) is 9.59 Å². The first-order chi connectivity index (χ1) is 12.5. The van der Waals surface area contributed by atoms with E-state index in [1.165, 1.54) is 19.1 Å². The van der Waals surface area contributed by atoms with Crippen molar-refractivity contribution in [2.24, 2.45) is 5.41 Å². The lowest BCUT2D eigenvalue weighted by molar-refractivity contribution is -0.153. The second kappa shape index (κ2) is 6.82. The Labute approximate surface area is 155 Å². The Morgan fingerprint density at radius 2 is 1.74 bits per heavy atom. The zero-order valence-electron chi connectivity index (χ0n) is 15.0. The molecule has 2 aliphatic rings. The van der Waals surface area contributed by atoms with Gasteiger partial charge in [0.2, 0.25) is 5.91 Å². The number of ketones is 1. The minimum absolute atomic E-state index is 0.0583. The number of ether oxygens (including phenoxy) is 1. The average molecular weight is 385 g/mol. The maximum absolute atomic E-state index is 13.0. The summed E-state index contributed by atoms with van der Waals surface area (Å²) in [6.45, 7) is 0.500. The highest BCUT2D eigenvalue weighted by atomic mass is 19.4. The first-order valence-electron chi connectivity index (χ1n) is 8.90. The van der Waals surface area contributed by atoms with E-state index >= 15 is 0 Å². The Balaban J connectivity index is 1.66. The van der Waals surface area contributed by atoms with Crippen LogP contribution in [0.3, 0.4) is 0 Å². The van der Waals surface area contributed by atoms with Crippen LogP contribution in [0.5, 0.6) is 5.75 Å². The van der Waals surface area contributed by atoms with Crippen molar-refractivity contribution in [2.45, 2.75) is 50.8 Å². The first-order valence-corrected chi connectivity index (χ1v) is 8.90. The van der Waals surface area contributed by atoms with Gasteiger partial charge in [-0.05, 0) is 63.3 Å². The molecule has 0 bridgehead atoms. The van der Waals surface area contributed by atoms with E-state index < -0.39 is 23.8 Å². The van der Waals surface area contributed by atoms with Crippen LogP contribution in [0.2, 0.25) is 0 Å². The van der Waals surface area contributed by atoms with Crippen LogP contribution in [0, 0.1) is 5.41 Å². The van der Waals surface area contributed by atoms with Crippen molar-refractivity contribution in [3.63, 3.8) is 0 Å². The second-order valence-corrected chi connectivity index (χ2v) is 7.47. The van der Waals surface area contributed by atoms with E-state index in [1.807, 2.05) is 0 Å². The monoisotopic (exact) mass is 385 g/mol. The molecule has 27 heavy (non-hydrogen) atoms. The number of halogens is 3. The molecule has 0 radical (unpaired) electrons. The standard InChI is InChI=1S/C19H22F3NO4/c1-13(24)18(26)8-6-17(7-9-18)10-11-23(16(17)25)14-2-4-15(5-3-14)27-12-19(20,21)22/h2-5,26H,6-12H2,1H3. The molecule has 148 valence electrons. The van der Waals surface area contributed by atoms with Crippen molar-refractivity contribution in [3.05, 3.63) is 24.3 Å². The molecule has 0 unspecified atom stereocenters. The molecule has 0 atom stereocenters. The van der Waals surface area contributed by atoms with Gasteiger partial charge in [-0.2, -0.15) is 13.2 Å². The fourth-order valence-electron chi connectivity index (χ4n) is 3.91. The number of hydrogen-bond acceptors (Lipinski definition) is 4. The topological polar surface area (TPSA) is 66.8 Å². The van der Waals surface area contributed by atoms with Crippen molar-refractivity contribution in [1.82, 2.24) is 0 Å². The van der Waals surface area contributed by atoms with Crippen LogP contribution in [0.1, 0.15) is 39.0 Å². The summed E-state index contributed by atoms with van der Waals surface area (Å²) in [6.07, 6.45) is -2.33. The molecule has 1 amide bonds. The van der Waals surface area contributed by atoms with Gasteiger partial charge in [0.05, 0.1) is 5.41 Å².